The number of nitrogens with one attached hydrogen (secondary N) is 1. The van der Waals surface area contributed by atoms with Gasteiger partial charge >= 0.3 is 0 Å². The predicted molar refractivity (Wildman–Crippen MR) is 105 cm³/mol. The number of fused-ring (bicyclic) bond motifs is 1. The van der Waals surface area contributed by atoms with Crippen molar-refractivity contribution >= 4 is 22.4 Å². The molecule has 0 aliphatic heterocycles. The van der Waals surface area contributed by atoms with Crippen LogP contribution in [0, 0.1) is 0 Å². The summed E-state index contributed by atoms with van der Waals surface area (Å²) in [4.78, 5) is 17.0. The standard InChI is InChI=1S/C22H24N2O2/c1-16(19-11-6-9-17-7-2-3-10-20(17)19)22(26)24-21-12-13-23-15-18(21)8-4-5-14-25/h2-3,6-7,9-13,15-16,25H,4-5,8,14H2,1H3,(H,23,24,26). The molecule has 0 saturated carbocycles. The number of aliphatic hydroxyl groups excluding tert-OH is 1. The first-order valence-electron chi connectivity index (χ1n) is 9.03. The average molecular weight is 348 g/mol. The number of aliphatic hydroxyl groups is 1. The Kier molecular flexibility index (Phi) is 5.97. The highest BCUT2D eigenvalue weighted by Gasteiger charge is 2.18. The van der Waals surface area contributed by atoms with E-state index < -0.39 is 0 Å². The molecule has 3 rings (SSSR count). The maximum atomic E-state index is 12.9. The zero-order valence-electron chi connectivity index (χ0n) is 15.0. The number of hydrogen-bond donors (Lipinski definition) is 2. The fraction of sp³-hybridized carbons (Fsp3) is 0.273. The normalized spacial score (nSPS) is 12.1. The Morgan fingerprint density at radius 3 is 2.77 bits per heavy atom. The van der Waals surface area contributed by atoms with Crippen molar-refractivity contribution in [1.82, 2.24) is 4.98 Å². The maximum absolute atomic E-state index is 12.9. The number of hydrogen-bond acceptors (Lipinski definition) is 3. The minimum absolute atomic E-state index is 0.0315. The minimum Gasteiger partial charge on any atom is -0.396 e. The molecule has 1 heterocycles. The fourth-order valence-corrected chi connectivity index (χ4v) is 3.19. The summed E-state index contributed by atoms with van der Waals surface area (Å²) in [5.74, 6) is -0.296. The van der Waals surface area contributed by atoms with Crippen molar-refractivity contribution in [2.24, 2.45) is 0 Å². The third-order valence-electron chi connectivity index (χ3n) is 4.70. The Hall–Kier alpha value is -2.72. The van der Waals surface area contributed by atoms with Crippen LogP contribution in [-0.4, -0.2) is 22.6 Å². The predicted octanol–water partition coefficient (Wildman–Crippen LogP) is 4.29. The fourth-order valence-electron chi connectivity index (χ4n) is 3.19. The lowest BCUT2D eigenvalue weighted by Gasteiger charge is -2.16. The molecule has 0 fully saturated rings. The molecule has 1 atom stereocenters. The lowest BCUT2D eigenvalue weighted by atomic mass is 9.94. The lowest BCUT2D eigenvalue weighted by molar-refractivity contribution is -0.117. The Labute approximate surface area is 153 Å². The second-order valence-electron chi connectivity index (χ2n) is 6.49. The van der Waals surface area contributed by atoms with Gasteiger partial charge in [0.25, 0.3) is 0 Å². The largest absolute Gasteiger partial charge is 0.396 e. The number of aryl methyl sites for hydroxylation is 1. The van der Waals surface area contributed by atoms with Crippen molar-refractivity contribution in [3.05, 3.63) is 72.1 Å². The van der Waals surface area contributed by atoms with E-state index in [0.717, 1.165) is 46.8 Å². The van der Waals surface area contributed by atoms with E-state index in [1.165, 1.54) is 0 Å². The Bertz CT molecular complexity index is 887. The molecule has 0 aliphatic rings. The summed E-state index contributed by atoms with van der Waals surface area (Å²) in [6.45, 7) is 2.11. The molecular formula is C22H24N2O2. The Morgan fingerprint density at radius 1 is 1.12 bits per heavy atom. The van der Waals surface area contributed by atoms with Gasteiger partial charge in [0.2, 0.25) is 5.91 Å². The molecule has 4 nitrogen and oxygen atoms in total. The van der Waals surface area contributed by atoms with Crippen molar-refractivity contribution in [1.29, 1.82) is 0 Å². The van der Waals surface area contributed by atoms with Crippen molar-refractivity contribution in [2.75, 3.05) is 11.9 Å². The van der Waals surface area contributed by atoms with Crippen LogP contribution in [0.3, 0.4) is 0 Å². The highest BCUT2D eigenvalue weighted by Crippen LogP contribution is 2.27. The summed E-state index contributed by atoms with van der Waals surface area (Å²) in [5, 5.41) is 14.3. The van der Waals surface area contributed by atoms with E-state index in [1.54, 1.807) is 12.4 Å². The summed E-state index contributed by atoms with van der Waals surface area (Å²) < 4.78 is 0. The summed E-state index contributed by atoms with van der Waals surface area (Å²) in [6, 6.07) is 16.0. The van der Waals surface area contributed by atoms with Gasteiger partial charge in [-0.3, -0.25) is 9.78 Å². The van der Waals surface area contributed by atoms with Crippen LogP contribution >= 0.6 is 0 Å². The van der Waals surface area contributed by atoms with E-state index in [1.807, 2.05) is 37.3 Å². The van der Waals surface area contributed by atoms with Crippen LogP contribution in [0.1, 0.15) is 36.8 Å². The highest BCUT2D eigenvalue weighted by atomic mass is 16.2. The van der Waals surface area contributed by atoms with Crippen molar-refractivity contribution in [3.8, 4) is 0 Å². The third kappa shape index (κ3) is 4.09. The van der Waals surface area contributed by atoms with E-state index in [2.05, 4.69) is 28.5 Å². The SMILES string of the molecule is CC(C(=O)Nc1ccncc1CCCCO)c1cccc2ccccc12. The van der Waals surface area contributed by atoms with Crippen LogP contribution in [0.25, 0.3) is 10.8 Å². The van der Waals surface area contributed by atoms with E-state index in [9.17, 15) is 4.79 Å². The van der Waals surface area contributed by atoms with Crippen LogP contribution in [0.15, 0.2) is 60.9 Å². The average Bonchev–Trinajstić information content (AvgIpc) is 2.68. The zero-order chi connectivity index (χ0) is 18.4. The van der Waals surface area contributed by atoms with Crippen LogP contribution in [0.5, 0.6) is 0 Å². The van der Waals surface area contributed by atoms with E-state index in [0.29, 0.717) is 0 Å². The third-order valence-corrected chi connectivity index (χ3v) is 4.70. The molecule has 1 aromatic heterocycles. The van der Waals surface area contributed by atoms with Gasteiger partial charge in [0.05, 0.1) is 5.92 Å². The number of amides is 1. The maximum Gasteiger partial charge on any atom is 0.231 e. The molecule has 4 heteroatoms. The number of rotatable bonds is 7. The summed E-state index contributed by atoms with van der Waals surface area (Å²) in [5.41, 5.74) is 2.82. The van der Waals surface area contributed by atoms with Gasteiger partial charge in [-0.1, -0.05) is 42.5 Å². The van der Waals surface area contributed by atoms with E-state index >= 15 is 0 Å². The molecular weight excluding hydrogens is 324 g/mol. The number of unbranched alkanes of at least 4 members (excludes halogenated alkanes) is 1. The molecule has 0 bridgehead atoms. The first-order chi connectivity index (χ1) is 12.7. The van der Waals surface area contributed by atoms with Crippen LogP contribution in [0.2, 0.25) is 0 Å². The van der Waals surface area contributed by atoms with Gasteiger partial charge in [0, 0.05) is 24.7 Å². The molecule has 0 spiro atoms. The summed E-state index contributed by atoms with van der Waals surface area (Å²) >= 11 is 0. The molecule has 2 aromatic carbocycles. The number of carbonyl (C=O) groups is 1. The lowest BCUT2D eigenvalue weighted by Crippen LogP contribution is -2.20. The molecule has 134 valence electrons. The van der Waals surface area contributed by atoms with Gasteiger partial charge in [0.1, 0.15) is 0 Å². The molecule has 0 radical (unpaired) electrons. The van der Waals surface area contributed by atoms with Gasteiger partial charge in [-0.25, -0.2) is 0 Å². The Balaban J connectivity index is 1.80. The van der Waals surface area contributed by atoms with Gasteiger partial charge < -0.3 is 10.4 Å². The van der Waals surface area contributed by atoms with Crippen molar-refractivity contribution in [3.63, 3.8) is 0 Å². The number of anilines is 1. The quantitative estimate of drug-likeness (QED) is 0.626. The monoisotopic (exact) mass is 348 g/mol. The second kappa shape index (κ2) is 8.59. The first-order valence-corrected chi connectivity index (χ1v) is 9.03. The summed E-state index contributed by atoms with van der Waals surface area (Å²) in [7, 11) is 0. The van der Waals surface area contributed by atoms with Gasteiger partial charge in [-0.15, -0.1) is 0 Å². The molecule has 0 saturated heterocycles. The molecule has 1 amide bonds. The number of carbonyl (C=O) groups excluding carboxylic acids is 1. The summed E-state index contributed by atoms with van der Waals surface area (Å²) in [6.07, 6.45) is 5.87. The number of benzene rings is 2. The smallest absolute Gasteiger partial charge is 0.231 e. The Morgan fingerprint density at radius 2 is 1.92 bits per heavy atom. The second-order valence-corrected chi connectivity index (χ2v) is 6.49. The van der Waals surface area contributed by atoms with Crippen molar-refractivity contribution < 1.29 is 9.90 Å². The van der Waals surface area contributed by atoms with Crippen LogP contribution < -0.4 is 5.32 Å². The van der Waals surface area contributed by atoms with Gasteiger partial charge in [-0.2, -0.15) is 0 Å². The number of aromatic nitrogens is 1. The van der Waals surface area contributed by atoms with Crippen LogP contribution in [-0.2, 0) is 11.2 Å². The molecule has 3 aromatic rings. The topological polar surface area (TPSA) is 62.2 Å². The van der Waals surface area contributed by atoms with E-state index in [-0.39, 0.29) is 18.4 Å². The van der Waals surface area contributed by atoms with Gasteiger partial charge in [0.15, 0.2) is 0 Å². The minimum atomic E-state index is -0.264. The number of pyridine rings is 1. The van der Waals surface area contributed by atoms with Gasteiger partial charge in [-0.05, 0) is 54.2 Å². The molecule has 1 unspecified atom stereocenters. The molecule has 2 N–H and O–H groups in total. The first kappa shape index (κ1) is 18.1. The zero-order valence-corrected chi connectivity index (χ0v) is 15.0. The highest BCUT2D eigenvalue weighted by molar-refractivity contribution is 5.99. The number of nitrogens with zero attached hydrogens (tertiary/aromatic N) is 1. The van der Waals surface area contributed by atoms with Crippen molar-refractivity contribution in [2.45, 2.75) is 32.1 Å². The molecule has 0 aliphatic carbocycles. The van der Waals surface area contributed by atoms with Crippen LogP contribution in [0.4, 0.5) is 5.69 Å². The van der Waals surface area contributed by atoms with E-state index in [4.69, 9.17) is 5.11 Å². The molecule has 26 heavy (non-hydrogen) atoms.